The number of aromatic nitrogens is 7. The number of nitrogens with one attached hydrogen (secondary N) is 3. The molecule has 12 heteroatoms. The number of alkyl halides is 3. The van der Waals surface area contributed by atoms with Crippen LogP contribution in [0.4, 0.5) is 30.9 Å². The highest BCUT2D eigenvalue weighted by Gasteiger charge is 2.27. The van der Waals surface area contributed by atoms with Crippen LogP contribution >= 0.6 is 0 Å². The van der Waals surface area contributed by atoms with Crippen molar-refractivity contribution >= 4 is 28.9 Å². The first kappa shape index (κ1) is 15.8. The standard InChI is InChI=1S/C12H12F3N9/c1-5-6(2)23-24-11(19-5)22-10-20-8(16-3-12(13,14)15)7-9(21-10)18-4-17-7/h4H,3H2,1-2H3,(H3,16,17,18,19,20,21,22,24). The Morgan fingerprint density at radius 2 is 1.83 bits per heavy atom. The molecule has 0 atom stereocenters. The fourth-order valence-electron chi connectivity index (χ4n) is 1.81. The first-order chi connectivity index (χ1) is 11.3. The van der Waals surface area contributed by atoms with Gasteiger partial charge in [0.1, 0.15) is 12.1 Å². The molecule has 3 N–H and O–H groups in total. The van der Waals surface area contributed by atoms with Gasteiger partial charge in [0.15, 0.2) is 11.5 Å². The summed E-state index contributed by atoms with van der Waals surface area (Å²) in [5.74, 6) is 0.105. The Hall–Kier alpha value is -3.05. The Kier molecular flexibility index (Phi) is 3.87. The molecule has 3 rings (SSSR count). The highest BCUT2D eigenvalue weighted by atomic mass is 19.4. The molecule has 0 saturated heterocycles. The summed E-state index contributed by atoms with van der Waals surface area (Å²) in [5, 5.41) is 12.7. The van der Waals surface area contributed by atoms with Crippen molar-refractivity contribution in [3.8, 4) is 0 Å². The van der Waals surface area contributed by atoms with Gasteiger partial charge in [-0.2, -0.15) is 28.2 Å². The number of hydrogen-bond donors (Lipinski definition) is 3. The molecule has 0 radical (unpaired) electrons. The topological polar surface area (TPSA) is 117 Å². The molecule has 0 amide bonds. The Morgan fingerprint density at radius 1 is 1.04 bits per heavy atom. The van der Waals surface area contributed by atoms with Crippen molar-refractivity contribution in [1.29, 1.82) is 0 Å². The number of anilines is 3. The maximum absolute atomic E-state index is 12.4. The van der Waals surface area contributed by atoms with Gasteiger partial charge in [-0.25, -0.2) is 9.97 Å². The molecule has 9 nitrogen and oxygen atoms in total. The zero-order chi connectivity index (χ0) is 17.3. The molecule has 126 valence electrons. The zero-order valence-corrected chi connectivity index (χ0v) is 12.6. The molecule has 0 unspecified atom stereocenters. The van der Waals surface area contributed by atoms with E-state index >= 15 is 0 Å². The first-order valence-corrected chi connectivity index (χ1v) is 6.78. The largest absolute Gasteiger partial charge is 0.405 e. The highest BCUT2D eigenvalue weighted by Crippen LogP contribution is 2.22. The second-order valence-corrected chi connectivity index (χ2v) is 4.90. The maximum atomic E-state index is 12.4. The molecule has 3 aromatic heterocycles. The number of halogens is 3. The summed E-state index contributed by atoms with van der Waals surface area (Å²) >= 11 is 0. The van der Waals surface area contributed by atoms with Gasteiger partial charge in [-0.3, -0.25) is 5.32 Å². The molecule has 0 aromatic carbocycles. The number of fused-ring (bicyclic) bond motifs is 1. The SMILES string of the molecule is Cc1nnc(Nc2nc(NCC(F)(F)F)c3[nH]cnc3n2)nc1C. The lowest BCUT2D eigenvalue weighted by Crippen LogP contribution is -2.22. The van der Waals surface area contributed by atoms with Gasteiger partial charge in [-0.1, -0.05) is 0 Å². The number of nitrogens with zero attached hydrogens (tertiary/aromatic N) is 6. The van der Waals surface area contributed by atoms with Crippen LogP contribution in [0.15, 0.2) is 6.33 Å². The van der Waals surface area contributed by atoms with Crippen molar-refractivity contribution in [2.45, 2.75) is 20.0 Å². The summed E-state index contributed by atoms with van der Waals surface area (Å²) in [7, 11) is 0. The van der Waals surface area contributed by atoms with Crippen LogP contribution in [0.5, 0.6) is 0 Å². The minimum atomic E-state index is -4.38. The van der Waals surface area contributed by atoms with E-state index in [0.717, 1.165) is 0 Å². The fraction of sp³-hybridized carbons (Fsp3) is 0.333. The van der Waals surface area contributed by atoms with Gasteiger partial charge in [0, 0.05) is 0 Å². The van der Waals surface area contributed by atoms with Gasteiger partial charge in [0.05, 0.1) is 17.7 Å². The van der Waals surface area contributed by atoms with Gasteiger partial charge in [-0.15, -0.1) is 5.10 Å². The van der Waals surface area contributed by atoms with Crippen LogP contribution in [0, 0.1) is 13.8 Å². The van der Waals surface area contributed by atoms with Crippen LogP contribution < -0.4 is 10.6 Å². The van der Waals surface area contributed by atoms with E-state index in [4.69, 9.17) is 0 Å². The zero-order valence-electron chi connectivity index (χ0n) is 12.6. The molecule has 0 aliphatic carbocycles. The number of aryl methyl sites for hydroxylation is 2. The molecule has 3 heterocycles. The third-order valence-corrected chi connectivity index (χ3v) is 3.06. The Labute approximate surface area is 133 Å². The smallest absolute Gasteiger partial charge is 0.359 e. The molecule has 0 spiro atoms. The molecule has 0 fully saturated rings. The second-order valence-electron chi connectivity index (χ2n) is 4.90. The summed E-state index contributed by atoms with van der Waals surface area (Å²) in [6, 6.07) is 0. The normalized spacial score (nSPS) is 11.7. The van der Waals surface area contributed by atoms with Crippen molar-refractivity contribution in [1.82, 2.24) is 35.1 Å². The molecular formula is C12H12F3N9. The summed E-state index contributed by atoms with van der Waals surface area (Å²) in [6.07, 6.45) is -3.07. The van der Waals surface area contributed by atoms with Crippen molar-refractivity contribution in [2.24, 2.45) is 0 Å². The lowest BCUT2D eigenvalue weighted by Gasteiger charge is -2.11. The predicted molar refractivity (Wildman–Crippen MR) is 78.8 cm³/mol. The lowest BCUT2D eigenvalue weighted by atomic mass is 10.4. The van der Waals surface area contributed by atoms with Gasteiger partial charge in [0.2, 0.25) is 11.9 Å². The van der Waals surface area contributed by atoms with E-state index in [1.807, 2.05) is 0 Å². The third kappa shape index (κ3) is 3.47. The minimum Gasteiger partial charge on any atom is -0.359 e. The Bertz CT molecular complexity index is 874. The third-order valence-electron chi connectivity index (χ3n) is 3.06. The molecule has 3 aromatic rings. The van der Waals surface area contributed by atoms with E-state index in [-0.39, 0.29) is 28.9 Å². The molecule has 0 aliphatic rings. The van der Waals surface area contributed by atoms with Crippen LogP contribution in [0.3, 0.4) is 0 Å². The summed E-state index contributed by atoms with van der Waals surface area (Å²) in [5.41, 5.74) is 1.79. The second kappa shape index (κ2) is 5.86. The van der Waals surface area contributed by atoms with E-state index in [9.17, 15) is 13.2 Å². The van der Waals surface area contributed by atoms with Crippen LogP contribution in [-0.2, 0) is 0 Å². The number of H-pyrrole nitrogens is 1. The van der Waals surface area contributed by atoms with Gasteiger partial charge in [-0.05, 0) is 13.8 Å². The van der Waals surface area contributed by atoms with E-state index in [0.29, 0.717) is 11.4 Å². The van der Waals surface area contributed by atoms with Gasteiger partial charge >= 0.3 is 6.18 Å². The first-order valence-electron chi connectivity index (χ1n) is 6.78. The Balaban J connectivity index is 1.91. The molecule has 0 aliphatic heterocycles. The van der Waals surface area contributed by atoms with Crippen molar-refractivity contribution < 1.29 is 13.2 Å². The monoisotopic (exact) mass is 339 g/mol. The molecule has 0 saturated carbocycles. The Morgan fingerprint density at radius 3 is 2.54 bits per heavy atom. The minimum absolute atomic E-state index is 0.00401. The van der Waals surface area contributed by atoms with Gasteiger partial charge in [0.25, 0.3) is 0 Å². The maximum Gasteiger partial charge on any atom is 0.405 e. The van der Waals surface area contributed by atoms with Crippen LogP contribution in [-0.4, -0.2) is 47.8 Å². The number of rotatable bonds is 4. The molecule has 24 heavy (non-hydrogen) atoms. The van der Waals surface area contributed by atoms with Crippen LogP contribution in [0.25, 0.3) is 11.2 Å². The van der Waals surface area contributed by atoms with E-state index in [1.54, 1.807) is 13.8 Å². The van der Waals surface area contributed by atoms with E-state index in [1.165, 1.54) is 6.33 Å². The summed E-state index contributed by atoms with van der Waals surface area (Å²) in [6.45, 7) is 2.27. The van der Waals surface area contributed by atoms with E-state index in [2.05, 4.69) is 45.8 Å². The summed E-state index contributed by atoms with van der Waals surface area (Å²) in [4.78, 5) is 18.9. The lowest BCUT2D eigenvalue weighted by molar-refractivity contribution is -0.115. The van der Waals surface area contributed by atoms with Crippen LogP contribution in [0.2, 0.25) is 0 Å². The van der Waals surface area contributed by atoms with E-state index < -0.39 is 12.7 Å². The van der Waals surface area contributed by atoms with Crippen LogP contribution in [0.1, 0.15) is 11.4 Å². The molecular weight excluding hydrogens is 327 g/mol. The summed E-state index contributed by atoms with van der Waals surface area (Å²) < 4.78 is 37.3. The number of imidazole rings is 1. The molecule has 0 bridgehead atoms. The fourth-order valence-corrected chi connectivity index (χ4v) is 1.81. The van der Waals surface area contributed by atoms with Crippen molar-refractivity contribution in [3.05, 3.63) is 17.7 Å². The quantitative estimate of drug-likeness (QED) is 0.659. The predicted octanol–water partition coefficient (Wildman–Crippen LogP) is 1.87. The average molecular weight is 339 g/mol. The van der Waals surface area contributed by atoms with Gasteiger partial charge < -0.3 is 10.3 Å². The number of aromatic amines is 1. The van der Waals surface area contributed by atoms with Crippen molar-refractivity contribution in [3.63, 3.8) is 0 Å². The number of hydrogen-bond acceptors (Lipinski definition) is 8. The highest BCUT2D eigenvalue weighted by molar-refractivity contribution is 5.83. The van der Waals surface area contributed by atoms with Crippen molar-refractivity contribution in [2.75, 3.05) is 17.2 Å². The average Bonchev–Trinajstić information content (AvgIpc) is 2.96.